The molecule has 1 heterocycles. The minimum absolute atomic E-state index is 0.0940. The molecule has 0 aromatic carbocycles. The number of nitrogens with zero attached hydrogens (tertiary/aromatic N) is 1. The van der Waals surface area contributed by atoms with Crippen LogP contribution < -0.4 is 0 Å². The molecule has 0 bridgehead atoms. The summed E-state index contributed by atoms with van der Waals surface area (Å²) in [6.45, 7) is 3.02. The van der Waals surface area contributed by atoms with Crippen LogP contribution in [0.2, 0.25) is 0 Å². The van der Waals surface area contributed by atoms with Crippen LogP contribution in [0.15, 0.2) is 0 Å². The normalized spacial score (nSPS) is 31.9. The Morgan fingerprint density at radius 1 is 1.12 bits per heavy atom. The fraction of sp³-hybridized carbons (Fsp3) is 1.00. The standard InChI is InChI=1S/C14H27NO2/c1-15(13-4-2-3-5-14(13)16)9-6-12-7-10-17-11-8-12/h12-14,16H,2-11H2,1H3/t13-,14+/m0/s1. The lowest BCUT2D eigenvalue weighted by Gasteiger charge is -2.36. The molecule has 0 radical (unpaired) electrons. The average molecular weight is 241 g/mol. The molecule has 2 rings (SSSR count). The van der Waals surface area contributed by atoms with Crippen LogP contribution in [0.25, 0.3) is 0 Å². The average Bonchev–Trinajstić information content (AvgIpc) is 2.38. The zero-order valence-corrected chi connectivity index (χ0v) is 11.1. The second-order valence-electron chi connectivity index (χ2n) is 5.74. The van der Waals surface area contributed by atoms with Gasteiger partial charge in [0.15, 0.2) is 0 Å². The second kappa shape index (κ2) is 6.72. The Morgan fingerprint density at radius 3 is 2.53 bits per heavy atom. The van der Waals surface area contributed by atoms with Gasteiger partial charge in [0.1, 0.15) is 0 Å². The van der Waals surface area contributed by atoms with Gasteiger partial charge in [0, 0.05) is 19.3 Å². The Hall–Kier alpha value is -0.120. The number of hydrogen-bond acceptors (Lipinski definition) is 3. The van der Waals surface area contributed by atoms with E-state index in [1.807, 2.05) is 0 Å². The highest BCUT2D eigenvalue weighted by Gasteiger charge is 2.26. The molecule has 2 atom stereocenters. The molecule has 3 heteroatoms. The number of ether oxygens (including phenoxy) is 1. The van der Waals surface area contributed by atoms with E-state index in [9.17, 15) is 5.11 Å². The van der Waals surface area contributed by atoms with Crippen LogP contribution in [0.1, 0.15) is 44.9 Å². The van der Waals surface area contributed by atoms with Crippen molar-refractivity contribution < 1.29 is 9.84 Å². The van der Waals surface area contributed by atoms with E-state index < -0.39 is 0 Å². The number of hydrogen-bond donors (Lipinski definition) is 1. The van der Waals surface area contributed by atoms with Crippen molar-refractivity contribution in [2.24, 2.45) is 5.92 Å². The van der Waals surface area contributed by atoms with Crippen LogP contribution in [-0.2, 0) is 4.74 Å². The molecule has 1 saturated heterocycles. The van der Waals surface area contributed by atoms with Crippen molar-refractivity contribution in [2.75, 3.05) is 26.8 Å². The van der Waals surface area contributed by atoms with Crippen molar-refractivity contribution in [1.82, 2.24) is 4.90 Å². The predicted molar refractivity (Wildman–Crippen MR) is 69.1 cm³/mol. The number of likely N-dealkylation sites (N-methyl/N-ethyl adjacent to an activating group) is 1. The fourth-order valence-electron chi connectivity index (χ4n) is 3.19. The summed E-state index contributed by atoms with van der Waals surface area (Å²) in [4.78, 5) is 2.39. The van der Waals surface area contributed by atoms with Crippen molar-refractivity contribution in [3.63, 3.8) is 0 Å². The van der Waals surface area contributed by atoms with Crippen molar-refractivity contribution in [1.29, 1.82) is 0 Å². The highest BCUT2D eigenvalue weighted by Crippen LogP contribution is 2.24. The van der Waals surface area contributed by atoms with Crippen molar-refractivity contribution >= 4 is 0 Å². The van der Waals surface area contributed by atoms with Gasteiger partial charge in [-0.05, 0) is 51.6 Å². The lowest BCUT2D eigenvalue weighted by Crippen LogP contribution is -2.44. The van der Waals surface area contributed by atoms with Gasteiger partial charge in [-0.25, -0.2) is 0 Å². The SMILES string of the molecule is CN(CCC1CCOCC1)[C@H]1CCCC[C@H]1O. The highest BCUT2D eigenvalue weighted by atomic mass is 16.5. The first kappa shape index (κ1) is 13.3. The fourth-order valence-corrected chi connectivity index (χ4v) is 3.19. The summed E-state index contributed by atoms with van der Waals surface area (Å²) in [5, 5.41) is 10.0. The third kappa shape index (κ3) is 3.94. The maximum absolute atomic E-state index is 10.0. The van der Waals surface area contributed by atoms with Gasteiger partial charge in [-0.1, -0.05) is 12.8 Å². The molecule has 1 aliphatic heterocycles. The summed E-state index contributed by atoms with van der Waals surface area (Å²) in [6.07, 6.45) is 8.26. The van der Waals surface area contributed by atoms with Crippen LogP contribution in [0, 0.1) is 5.92 Å². The van der Waals surface area contributed by atoms with Gasteiger partial charge in [-0.15, -0.1) is 0 Å². The Labute approximate surface area is 105 Å². The number of aliphatic hydroxyl groups is 1. The lowest BCUT2D eigenvalue weighted by atomic mass is 9.90. The molecule has 0 aromatic rings. The highest BCUT2D eigenvalue weighted by molar-refractivity contribution is 4.81. The van der Waals surface area contributed by atoms with Gasteiger partial charge >= 0.3 is 0 Å². The predicted octanol–water partition coefficient (Wildman–Crippen LogP) is 2.04. The summed E-state index contributed by atoms with van der Waals surface area (Å²) in [5.74, 6) is 0.840. The molecule has 3 nitrogen and oxygen atoms in total. The van der Waals surface area contributed by atoms with Gasteiger partial charge < -0.3 is 14.7 Å². The molecule has 1 N–H and O–H groups in total. The Morgan fingerprint density at radius 2 is 1.82 bits per heavy atom. The molecule has 0 amide bonds. The third-order valence-corrected chi connectivity index (χ3v) is 4.49. The van der Waals surface area contributed by atoms with E-state index in [0.717, 1.165) is 32.1 Å². The largest absolute Gasteiger partial charge is 0.391 e. The molecule has 1 aliphatic carbocycles. The molecule has 100 valence electrons. The first-order valence-corrected chi connectivity index (χ1v) is 7.23. The lowest BCUT2D eigenvalue weighted by molar-refractivity contribution is 0.0228. The van der Waals surface area contributed by atoms with Gasteiger partial charge in [0.2, 0.25) is 0 Å². The first-order valence-electron chi connectivity index (χ1n) is 7.23. The quantitative estimate of drug-likeness (QED) is 0.817. The van der Waals surface area contributed by atoms with E-state index in [2.05, 4.69) is 11.9 Å². The topological polar surface area (TPSA) is 32.7 Å². The maximum atomic E-state index is 10.0. The van der Waals surface area contributed by atoms with Crippen molar-refractivity contribution in [3.05, 3.63) is 0 Å². The maximum Gasteiger partial charge on any atom is 0.0695 e. The molecule has 1 saturated carbocycles. The molecule has 0 aromatic heterocycles. The summed E-state index contributed by atoms with van der Waals surface area (Å²) in [7, 11) is 2.18. The molecule has 2 fully saturated rings. The zero-order valence-electron chi connectivity index (χ0n) is 11.1. The van der Waals surface area contributed by atoms with Gasteiger partial charge in [0.25, 0.3) is 0 Å². The van der Waals surface area contributed by atoms with E-state index in [1.165, 1.54) is 38.5 Å². The minimum Gasteiger partial charge on any atom is -0.391 e. The molecule has 0 spiro atoms. The minimum atomic E-state index is -0.0940. The van der Waals surface area contributed by atoms with E-state index >= 15 is 0 Å². The Kier molecular flexibility index (Phi) is 5.26. The third-order valence-electron chi connectivity index (χ3n) is 4.49. The van der Waals surface area contributed by atoms with Gasteiger partial charge in [-0.3, -0.25) is 0 Å². The van der Waals surface area contributed by atoms with Crippen LogP contribution >= 0.6 is 0 Å². The Balaban J connectivity index is 1.70. The molecule has 2 aliphatic rings. The summed E-state index contributed by atoms with van der Waals surface area (Å²) in [5.41, 5.74) is 0. The summed E-state index contributed by atoms with van der Waals surface area (Å²) in [6, 6.07) is 0.406. The molecule has 0 unspecified atom stereocenters. The van der Waals surface area contributed by atoms with E-state index in [4.69, 9.17) is 4.74 Å². The van der Waals surface area contributed by atoms with Crippen molar-refractivity contribution in [2.45, 2.75) is 57.1 Å². The molecular formula is C14H27NO2. The van der Waals surface area contributed by atoms with Crippen LogP contribution in [-0.4, -0.2) is 49.0 Å². The van der Waals surface area contributed by atoms with Crippen LogP contribution in [0.4, 0.5) is 0 Å². The number of aliphatic hydroxyl groups excluding tert-OH is 1. The zero-order chi connectivity index (χ0) is 12.1. The second-order valence-corrected chi connectivity index (χ2v) is 5.74. The molecular weight excluding hydrogens is 214 g/mol. The first-order chi connectivity index (χ1) is 8.27. The van der Waals surface area contributed by atoms with Crippen molar-refractivity contribution in [3.8, 4) is 0 Å². The van der Waals surface area contributed by atoms with Crippen LogP contribution in [0.5, 0.6) is 0 Å². The Bertz CT molecular complexity index is 216. The van der Waals surface area contributed by atoms with Gasteiger partial charge in [-0.2, -0.15) is 0 Å². The number of rotatable bonds is 4. The molecule has 17 heavy (non-hydrogen) atoms. The van der Waals surface area contributed by atoms with Crippen LogP contribution in [0.3, 0.4) is 0 Å². The summed E-state index contributed by atoms with van der Waals surface area (Å²) < 4.78 is 5.39. The van der Waals surface area contributed by atoms with Gasteiger partial charge in [0.05, 0.1) is 6.10 Å². The van der Waals surface area contributed by atoms with E-state index in [0.29, 0.717) is 6.04 Å². The van der Waals surface area contributed by atoms with E-state index in [1.54, 1.807) is 0 Å². The monoisotopic (exact) mass is 241 g/mol. The summed E-state index contributed by atoms with van der Waals surface area (Å²) >= 11 is 0. The smallest absolute Gasteiger partial charge is 0.0695 e. The van der Waals surface area contributed by atoms with E-state index in [-0.39, 0.29) is 6.10 Å².